The predicted molar refractivity (Wildman–Crippen MR) is 101 cm³/mol. The Bertz CT molecular complexity index is 995. The molecule has 2 aliphatic rings. The molecule has 2 atom stereocenters. The molecular weight excluding hydrogens is 380 g/mol. The highest BCUT2D eigenvalue weighted by molar-refractivity contribution is 8.03. The van der Waals surface area contributed by atoms with Crippen molar-refractivity contribution in [3.05, 3.63) is 58.5 Å². The van der Waals surface area contributed by atoms with Crippen molar-refractivity contribution in [2.45, 2.75) is 18.1 Å². The van der Waals surface area contributed by atoms with Crippen LogP contribution in [0.25, 0.3) is 0 Å². The molecule has 28 heavy (non-hydrogen) atoms. The summed E-state index contributed by atoms with van der Waals surface area (Å²) in [6, 6.07) is 10.8. The smallest absolute Gasteiger partial charge is 0.231 e. The van der Waals surface area contributed by atoms with E-state index in [9.17, 15) is 15.2 Å². The zero-order chi connectivity index (χ0) is 19.9. The van der Waals surface area contributed by atoms with Crippen LogP contribution in [0.15, 0.2) is 51.6 Å². The fourth-order valence-corrected chi connectivity index (χ4v) is 5.03. The lowest BCUT2D eigenvalue weighted by Gasteiger charge is -2.36. The van der Waals surface area contributed by atoms with E-state index in [2.05, 4.69) is 6.07 Å². The average Bonchev–Trinajstić information content (AvgIpc) is 3.37. The van der Waals surface area contributed by atoms with Crippen molar-refractivity contribution in [1.82, 2.24) is 4.90 Å². The number of ether oxygens (including phenoxy) is 2. The summed E-state index contributed by atoms with van der Waals surface area (Å²) in [5, 5.41) is 21.5. The van der Waals surface area contributed by atoms with E-state index in [1.165, 1.54) is 22.9 Å². The lowest BCUT2D eigenvalue weighted by molar-refractivity contribution is -0.152. The molecule has 2 aliphatic heterocycles. The van der Waals surface area contributed by atoms with Crippen LogP contribution in [0.5, 0.6) is 11.5 Å². The van der Waals surface area contributed by atoms with Crippen molar-refractivity contribution in [3.63, 3.8) is 0 Å². The number of rotatable bonds is 4. The summed E-state index contributed by atoms with van der Waals surface area (Å²) in [6.07, 6.45) is 1.47. The molecule has 1 aromatic heterocycles. The summed E-state index contributed by atoms with van der Waals surface area (Å²) >= 11 is 1.27. The maximum Gasteiger partial charge on any atom is 0.231 e. The fraction of sp³-hybridized carbons (Fsp3) is 0.300. The molecule has 0 bridgehead atoms. The number of allylic oxidation sites excluding steroid dienone is 1. The van der Waals surface area contributed by atoms with Gasteiger partial charge in [-0.05, 0) is 30.3 Å². The number of aliphatic hydroxyl groups is 1. The van der Waals surface area contributed by atoms with Crippen molar-refractivity contribution < 1.29 is 23.8 Å². The van der Waals surface area contributed by atoms with Crippen LogP contribution in [-0.2, 0) is 10.5 Å². The monoisotopic (exact) mass is 398 g/mol. The number of nitrogens with zero attached hydrogens (tertiary/aromatic N) is 2. The van der Waals surface area contributed by atoms with Crippen LogP contribution >= 0.6 is 11.8 Å². The second kappa shape index (κ2) is 6.93. The average molecular weight is 398 g/mol. The van der Waals surface area contributed by atoms with E-state index in [1.54, 1.807) is 44.6 Å². The van der Waals surface area contributed by atoms with Gasteiger partial charge in [0.15, 0.2) is 5.76 Å². The zero-order valence-corrected chi connectivity index (χ0v) is 16.2. The minimum atomic E-state index is -1.61. The minimum Gasteiger partial charge on any atom is -0.497 e. The summed E-state index contributed by atoms with van der Waals surface area (Å²) in [5.41, 5.74) is -0.488. The molecule has 1 aromatic carbocycles. The van der Waals surface area contributed by atoms with Crippen LogP contribution in [0.1, 0.15) is 23.7 Å². The Morgan fingerprint density at radius 1 is 1.36 bits per heavy atom. The van der Waals surface area contributed by atoms with Gasteiger partial charge in [-0.1, -0.05) is 0 Å². The van der Waals surface area contributed by atoms with Crippen LogP contribution in [0.2, 0.25) is 0 Å². The Balaban J connectivity index is 1.84. The van der Waals surface area contributed by atoms with Gasteiger partial charge in [0.1, 0.15) is 11.5 Å². The second-order valence-corrected chi connectivity index (χ2v) is 7.47. The topological polar surface area (TPSA) is 95.9 Å². The number of hydrogen-bond donors (Lipinski definition) is 1. The van der Waals surface area contributed by atoms with E-state index >= 15 is 0 Å². The third kappa shape index (κ3) is 2.66. The van der Waals surface area contributed by atoms with Crippen LogP contribution in [0, 0.1) is 11.3 Å². The molecule has 2 unspecified atom stereocenters. The normalized spacial score (nSPS) is 24.1. The molecule has 1 saturated heterocycles. The number of methoxy groups -OCH3 is 2. The van der Waals surface area contributed by atoms with Gasteiger partial charge in [-0.15, -0.1) is 11.8 Å². The summed E-state index contributed by atoms with van der Waals surface area (Å²) in [5.74, 6) is 0.879. The number of nitriles is 1. The van der Waals surface area contributed by atoms with Gasteiger partial charge in [0, 0.05) is 17.9 Å². The largest absolute Gasteiger partial charge is 0.497 e. The van der Waals surface area contributed by atoms with Gasteiger partial charge in [0.2, 0.25) is 11.6 Å². The SMILES string of the molecule is COc1ccc(OC)c(C2CC(=O)N3C(=C2C#N)SCC3(O)c2ccco2)c1. The molecule has 0 radical (unpaired) electrons. The fourth-order valence-electron chi connectivity index (χ4n) is 3.69. The van der Waals surface area contributed by atoms with E-state index in [0.29, 0.717) is 27.7 Å². The van der Waals surface area contributed by atoms with Crippen LogP contribution in [0.3, 0.4) is 0 Å². The minimum absolute atomic E-state index is 0.0273. The van der Waals surface area contributed by atoms with Crippen molar-refractivity contribution in [2.24, 2.45) is 0 Å². The first-order valence-corrected chi connectivity index (χ1v) is 9.60. The summed E-state index contributed by atoms with van der Waals surface area (Å²) in [4.78, 5) is 14.4. The van der Waals surface area contributed by atoms with Gasteiger partial charge in [-0.2, -0.15) is 5.26 Å². The highest BCUT2D eigenvalue weighted by Gasteiger charge is 2.53. The lowest BCUT2D eigenvalue weighted by Crippen LogP contribution is -2.48. The van der Waals surface area contributed by atoms with Gasteiger partial charge in [-0.25, -0.2) is 0 Å². The molecule has 1 fully saturated rings. The van der Waals surface area contributed by atoms with Gasteiger partial charge in [0.05, 0.1) is 42.9 Å². The first-order chi connectivity index (χ1) is 13.5. The summed E-state index contributed by atoms with van der Waals surface area (Å²) < 4.78 is 16.1. The first kappa shape index (κ1) is 18.5. The molecule has 144 valence electrons. The second-order valence-electron chi connectivity index (χ2n) is 6.51. The molecule has 7 nitrogen and oxygen atoms in total. The standard InChI is InChI=1S/C20H18N2O5S/c1-25-12-5-6-16(26-2)14(8-12)13-9-18(23)22-19(15(13)10-21)28-11-20(22,24)17-4-3-7-27-17/h3-8,13,24H,9,11H2,1-2H3. The summed E-state index contributed by atoms with van der Waals surface area (Å²) in [7, 11) is 3.10. The number of hydrogen-bond acceptors (Lipinski definition) is 7. The van der Waals surface area contributed by atoms with Crippen molar-refractivity contribution in [3.8, 4) is 17.6 Å². The van der Waals surface area contributed by atoms with Gasteiger partial charge in [-0.3, -0.25) is 9.69 Å². The Morgan fingerprint density at radius 2 is 2.18 bits per heavy atom. The zero-order valence-electron chi connectivity index (χ0n) is 15.3. The van der Waals surface area contributed by atoms with E-state index in [-0.39, 0.29) is 23.8 Å². The van der Waals surface area contributed by atoms with Gasteiger partial charge < -0.3 is 19.0 Å². The Morgan fingerprint density at radius 3 is 2.82 bits per heavy atom. The van der Waals surface area contributed by atoms with Crippen LogP contribution < -0.4 is 9.47 Å². The van der Waals surface area contributed by atoms with E-state index in [0.717, 1.165) is 0 Å². The molecule has 3 heterocycles. The Hall–Kier alpha value is -2.89. The highest BCUT2D eigenvalue weighted by Crippen LogP contribution is 2.52. The van der Waals surface area contributed by atoms with Crippen LogP contribution in [0.4, 0.5) is 0 Å². The number of benzene rings is 1. The van der Waals surface area contributed by atoms with E-state index in [1.807, 2.05) is 0 Å². The maximum absolute atomic E-state index is 13.1. The quantitative estimate of drug-likeness (QED) is 0.846. The number of furan rings is 1. The van der Waals surface area contributed by atoms with E-state index < -0.39 is 11.6 Å². The number of amides is 1. The highest BCUT2D eigenvalue weighted by atomic mass is 32.2. The third-order valence-electron chi connectivity index (χ3n) is 5.04. The number of fused-ring (bicyclic) bond motifs is 1. The van der Waals surface area contributed by atoms with Crippen molar-refractivity contribution in [2.75, 3.05) is 20.0 Å². The summed E-state index contributed by atoms with van der Waals surface area (Å²) in [6.45, 7) is 0. The van der Waals surface area contributed by atoms with Crippen molar-refractivity contribution in [1.29, 1.82) is 5.26 Å². The molecule has 1 N–H and O–H groups in total. The predicted octanol–water partition coefficient (Wildman–Crippen LogP) is 2.94. The molecular formula is C20H18N2O5S. The molecule has 1 amide bonds. The third-order valence-corrected chi connectivity index (χ3v) is 6.26. The molecule has 0 saturated carbocycles. The molecule has 0 aliphatic carbocycles. The van der Waals surface area contributed by atoms with Gasteiger partial charge >= 0.3 is 0 Å². The van der Waals surface area contributed by atoms with Crippen molar-refractivity contribution >= 4 is 17.7 Å². The van der Waals surface area contributed by atoms with Gasteiger partial charge in [0.25, 0.3) is 0 Å². The molecule has 2 aromatic rings. The Kier molecular flexibility index (Phi) is 4.57. The number of thioether (sulfide) groups is 1. The lowest BCUT2D eigenvalue weighted by atomic mass is 9.85. The number of carbonyl (C=O) groups is 1. The molecule has 8 heteroatoms. The first-order valence-electron chi connectivity index (χ1n) is 8.62. The van der Waals surface area contributed by atoms with E-state index in [4.69, 9.17) is 13.9 Å². The molecule has 0 spiro atoms. The molecule has 4 rings (SSSR count). The maximum atomic E-state index is 13.1. The number of carbonyl (C=O) groups excluding carboxylic acids is 1. The Labute approximate surface area is 166 Å². The van der Waals surface area contributed by atoms with Crippen LogP contribution in [-0.4, -0.2) is 35.9 Å².